The third kappa shape index (κ3) is 6.51. The smallest absolute Gasteiger partial charge is 0.336 e. The maximum atomic E-state index is 13.0. The van der Waals surface area contributed by atoms with E-state index in [0.717, 1.165) is 7.11 Å². The zero-order valence-corrected chi connectivity index (χ0v) is 20.0. The molecule has 1 unspecified atom stereocenters. The number of methoxy groups -OCH3 is 1. The molecule has 1 N–H and O–H groups in total. The van der Waals surface area contributed by atoms with Gasteiger partial charge in [-0.2, -0.15) is 0 Å². The number of benzene rings is 1. The number of nitrogens with one attached hydrogen (secondary N) is 1. The minimum absolute atomic E-state index is 0.156. The average Bonchev–Trinajstić information content (AvgIpc) is 2.78. The second kappa shape index (κ2) is 11.7. The second-order valence-corrected chi connectivity index (χ2v) is 9.16. The van der Waals surface area contributed by atoms with Crippen LogP contribution in [0.15, 0.2) is 42.1 Å². The van der Waals surface area contributed by atoms with Crippen LogP contribution >= 0.6 is 34.8 Å². The van der Waals surface area contributed by atoms with E-state index in [0.29, 0.717) is 32.0 Å². The van der Waals surface area contributed by atoms with Gasteiger partial charge in [0.05, 0.1) is 26.9 Å². The van der Waals surface area contributed by atoms with Crippen molar-refractivity contribution in [3.05, 3.63) is 47.7 Å². The Morgan fingerprint density at radius 1 is 1.16 bits per heavy atom. The highest BCUT2D eigenvalue weighted by Crippen LogP contribution is 2.43. The summed E-state index contributed by atoms with van der Waals surface area (Å²) in [4.78, 5) is 40.0. The first kappa shape index (κ1) is 26.3. The van der Waals surface area contributed by atoms with Gasteiger partial charge in [-0.25, -0.2) is 9.59 Å². The number of ether oxygens (including phenoxy) is 3. The van der Waals surface area contributed by atoms with E-state index in [9.17, 15) is 14.4 Å². The zero-order chi connectivity index (χ0) is 23.8. The Bertz CT molecular complexity index is 838. The van der Waals surface area contributed by atoms with Crippen molar-refractivity contribution < 1.29 is 28.6 Å². The molecule has 0 spiro atoms. The Labute approximate surface area is 201 Å². The summed E-state index contributed by atoms with van der Waals surface area (Å²) >= 11 is 18.8. The normalized spacial score (nSPS) is 16.7. The van der Waals surface area contributed by atoms with Gasteiger partial charge in [0.15, 0.2) is 5.54 Å². The number of carbonyl (C=O) groups excluding carboxylic acids is 3. The number of amides is 1. The summed E-state index contributed by atoms with van der Waals surface area (Å²) < 4.78 is 13.0. The molecule has 0 radical (unpaired) electrons. The van der Waals surface area contributed by atoms with Crippen molar-refractivity contribution >= 4 is 52.6 Å². The number of halogens is 3. The van der Waals surface area contributed by atoms with Gasteiger partial charge < -0.3 is 24.4 Å². The molecule has 0 aromatic heterocycles. The Morgan fingerprint density at radius 2 is 1.78 bits per heavy atom. The number of morpholine rings is 1. The number of nitrogens with zero attached hydrogens (tertiary/aromatic N) is 1. The van der Waals surface area contributed by atoms with Crippen molar-refractivity contribution in [2.45, 2.75) is 22.7 Å². The molecule has 1 aromatic rings. The van der Waals surface area contributed by atoms with Crippen molar-refractivity contribution in [2.24, 2.45) is 0 Å². The molecule has 8 nitrogen and oxygen atoms in total. The van der Waals surface area contributed by atoms with Crippen LogP contribution in [0.5, 0.6) is 0 Å². The van der Waals surface area contributed by atoms with E-state index in [2.05, 4.69) is 5.32 Å². The van der Waals surface area contributed by atoms with Gasteiger partial charge in [-0.05, 0) is 19.1 Å². The fourth-order valence-electron chi connectivity index (χ4n) is 3.18. The van der Waals surface area contributed by atoms with Gasteiger partial charge in [0.25, 0.3) is 5.91 Å². The van der Waals surface area contributed by atoms with E-state index in [1.807, 2.05) is 4.90 Å². The topological polar surface area (TPSA) is 94.2 Å². The third-order valence-electron chi connectivity index (χ3n) is 4.82. The molecule has 2 rings (SSSR count). The molecule has 1 aromatic carbocycles. The number of hydrogen-bond acceptors (Lipinski definition) is 7. The lowest BCUT2D eigenvalue weighted by Crippen LogP contribution is -2.64. The van der Waals surface area contributed by atoms with Gasteiger partial charge in [-0.1, -0.05) is 53.0 Å². The first-order valence-corrected chi connectivity index (χ1v) is 11.0. The predicted molar refractivity (Wildman–Crippen MR) is 121 cm³/mol. The van der Waals surface area contributed by atoms with Crippen molar-refractivity contribution in [3.63, 3.8) is 0 Å². The van der Waals surface area contributed by atoms with Crippen LogP contribution in [-0.2, 0) is 23.8 Å². The lowest BCUT2D eigenvalue weighted by Gasteiger charge is -2.41. The van der Waals surface area contributed by atoms with Crippen LogP contribution in [0, 0.1) is 0 Å². The van der Waals surface area contributed by atoms with E-state index in [1.54, 1.807) is 37.3 Å². The van der Waals surface area contributed by atoms with Crippen molar-refractivity contribution in [3.8, 4) is 0 Å². The maximum Gasteiger partial charge on any atom is 0.336 e. The lowest BCUT2D eigenvalue weighted by atomic mass is 9.92. The van der Waals surface area contributed by atoms with E-state index < -0.39 is 27.2 Å². The molecule has 32 heavy (non-hydrogen) atoms. The molecular formula is C21H25Cl3N2O6. The van der Waals surface area contributed by atoms with Crippen molar-refractivity contribution in [1.29, 1.82) is 0 Å². The molecular weight excluding hydrogens is 483 g/mol. The average molecular weight is 508 g/mol. The summed E-state index contributed by atoms with van der Waals surface area (Å²) in [7, 11) is 1.12. The molecule has 1 heterocycles. The summed E-state index contributed by atoms with van der Waals surface area (Å²) in [6.45, 7) is 3.47. The quantitative estimate of drug-likeness (QED) is 0.328. The SMILES string of the molecule is CCOC(=O)/C=C(/CC(NC(=O)c1ccccc1)(C(=O)OC)C(Cl)(Cl)Cl)N1CCOCC1. The van der Waals surface area contributed by atoms with E-state index >= 15 is 0 Å². The highest BCUT2D eigenvalue weighted by molar-refractivity contribution is 6.69. The van der Waals surface area contributed by atoms with Gasteiger partial charge in [0, 0.05) is 36.8 Å². The van der Waals surface area contributed by atoms with Crippen LogP contribution in [0.3, 0.4) is 0 Å². The Kier molecular flexibility index (Phi) is 9.64. The molecule has 0 saturated carbocycles. The number of rotatable bonds is 8. The summed E-state index contributed by atoms with van der Waals surface area (Å²) in [5.41, 5.74) is -1.56. The van der Waals surface area contributed by atoms with Crippen LogP contribution in [-0.4, -0.2) is 72.1 Å². The van der Waals surface area contributed by atoms with Gasteiger partial charge in [-0.3, -0.25) is 4.79 Å². The van der Waals surface area contributed by atoms with Gasteiger partial charge in [0.1, 0.15) is 0 Å². The van der Waals surface area contributed by atoms with Crippen LogP contribution in [0.25, 0.3) is 0 Å². The van der Waals surface area contributed by atoms with E-state index in [-0.39, 0.29) is 18.6 Å². The molecule has 1 amide bonds. The number of alkyl halides is 3. The fraction of sp³-hybridized carbons (Fsp3) is 0.476. The van der Waals surface area contributed by atoms with Crippen molar-refractivity contribution in [1.82, 2.24) is 10.2 Å². The number of hydrogen-bond donors (Lipinski definition) is 1. The van der Waals surface area contributed by atoms with Gasteiger partial charge >= 0.3 is 11.9 Å². The first-order valence-electron chi connectivity index (χ1n) is 9.87. The Balaban J connectivity index is 2.53. The van der Waals surface area contributed by atoms with Gasteiger partial charge in [0.2, 0.25) is 3.79 Å². The largest absolute Gasteiger partial charge is 0.467 e. The molecule has 1 aliphatic rings. The zero-order valence-electron chi connectivity index (χ0n) is 17.7. The van der Waals surface area contributed by atoms with Gasteiger partial charge in [-0.15, -0.1) is 0 Å². The summed E-state index contributed by atoms with van der Waals surface area (Å²) in [5, 5.41) is 2.55. The molecule has 1 atom stereocenters. The monoisotopic (exact) mass is 506 g/mol. The predicted octanol–water partition coefficient (Wildman–Crippen LogP) is 2.87. The Hall–Kier alpha value is -2.00. The van der Waals surface area contributed by atoms with Crippen LogP contribution in [0.2, 0.25) is 0 Å². The second-order valence-electron chi connectivity index (χ2n) is 6.88. The fourth-order valence-corrected chi connectivity index (χ4v) is 3.75. The third-order valence-corrected chi connectivity index (χ3v) is 5.78. The van der Waals surface area contributed by atoms with Crippen LogP contribution in [0.1, 0.15) is 23.7 Å². The molecule has 176 valence electrons. The van der Waals surface area contributed by atoms with Crippen LogP contribution < -0.4 is 5.32 Å². The maximum absolute atomic E-state index is 13.0. The summed E-state index contributed by atoms with van der Waals surface area (Å²) in [5.74, 6) is -2.27. The highest BCUT2D eigenvalue weighted by Gasteiger charge is 2.57. The van der Waals surface area contributed by atoms with E-state index in [1.165, 1.54) is 6.08 Å². The molecule has 1 aliphatic heterocycles. The number of carbonyl (C=O) groups is 3. The lowest BCUT2D eigenvalue weighted by molar-refractivity contribution is -0.148. The summed E-state index contributed by atoms with van der Waals surface area (Å²) in [6, 6.07) is 8.14. The van der Waals surface area contributed by atoms with E-state index in [4.69, 9.17) is 49.0 Å². The highest BCUT2D eigenvalue weighted by atomic mass is 35.6. The number of esters is 2. The molecule has 0 bridgehead atoms. The Morgan fingerprint density at radius 3 is 2.31 bits per heavy atom. The minimum Gasteiger partial charge on any atom is -0.467 e. The molecule has 1 saturated heterocycles. The minimum atomic E-state index is -2.33. The summed E-state index contributed by atoms with van der Waals surface area (Å²) in [6.07, 6.45) is 0.880. The first-order chi connectivity index (χ1) is 15.1. The van der Waals surface area contributed by atoms with Crippen molar-refractivity contribution in [2.75, 3.05) is 40.0 Å². The molecule has 0 aliphatic carbocycles. The molecule has 11 heteroatoms. The van der Waals surface area contributed by atoms with Crippen LogP contribution in [0.4, 0.5) is 0 Å². The molecule has 1 fully saturated rings. The standard InChI is InChI=1S/C21H25Cl3N2O6/c1-3-32-17(27)13-16(26-9-11-31-12-10-26)14-20(19(29)30-2,21(22,23)24)25-18(28)15-7-5-4-6-8-15/h4-8,13H,3,9-12,14H2,1-2H3,(H,25,28)/b16-13-.